The van der Waals surface area contributed by atoms with E-state index in [1.165, 1.54) is 0 Å². The molecule has 38 heavy (non-hydrogen) atoms. The number of likely N-dealkylation sites (N-methyl/N-ethyl adjacent to an activating group) is 1. The summed E-state index contributed by atoms with van der Waals surface area (Å²) in [7, 11) is 1.71. The molecule has 0 radical (unpaired) electrons. The molecule has 0 saturated heterocycles. The van der Waals surface area contributed by atoms with Gasteiger partial charge in [-0.2, -0.15) is 5.10 Å². The zero-order valence-electron chi connectivity index (χ0n) is 21.2. The molecule has 3 aromatic carbocycles. The monoisotopic (exact) mass is 513 g/mol. The molecular weight excluding hydrogens is 482 g/mol. The Morgan fingerprint density at radius 2 is 1.82 bits per heavy atom. The van der Waals surface area contributed by atoms with E-state index in [-0.39, 0.29) is 18.2 Å². The lowest BCUT2D eigenvalue weighted by molar-refractivity contribution is -0.142. The minimum absolute atomic E-state index is 0.240. The molecule has 1 aliphatic rings. The first-order valence-electron chi connectivity index (χ1n) is 12.4. The molecule has 0 bridgehead atoms. The van der Waals surface area contributed by atoms with Gasteiger partial charge in [-0.1, -0.05) is 60.7 Å². The van der Waals surface area contributed by atoms with Crippen molar-refractivity contribution in [3.05, 3.63) is 101 Å². The van der Waals surface area contributed by atoms with Crippen molar-refractivity contribution >= 4 is 29.7 Å². The van der Waals surface area contributed by atoms with Gasteiger partial charge in [0.25, 0.3) is 5.91 Å². The normalized spacial score (nSPS) is 15.3. The number of carboxylic acid groups (broad SMARTS) is 1. The van der Waals surface area contributed by atoms with Crippen LogP contribution in [0.4, 0.5) is 5.69 Å². The van der Waals surface area contributed by atoms with E-state index in [0.717, 1.165) is 22.3 Å². The Morgan fingerprint density at radius 3 is 2.50 bits per heavy atom. The van der Waals surface area contributed by atoms with Crippen molar-refractivity contribution in [2.24, 2.45) is 10.9 Å². The van der Waals surface area contributed by atoms with Crippen molar-refractivity contribution in [1.82, 2.24) is 10.2 Å². The predicted octanol–water partition coefficient (Wildman–Crippen LogP) is 2.77. The summed E-state index contributed by atoms with van der Waals surface area (Å²) in [5, 5.41) is 15.9. The number of nitrogens with one attached hydrogen (secondary N) is 1. The van der Waals surface area contributed by atoms with Crippen LogP contribution in [0.15, 0.2) is 77.9 Å². The van der Waals surface area contributed by atoms with Gasteiger partial charge in [-0.25, -0.2) is 0 Å². The molecular formula is C29H31N5O4. The van der Waals surface area contributed by atoms with E-state index in [9.17, 15) is 19.5 Å². The first kappa shape index (κ1) is 26.4. The highest BCUT2D eigenvalue weighted by atomic mass is 16.4. The Hall–Kier alpha value is -4.66. The first-order chi connectivity index (χ1) is 18.4. The maximum atomic E-state index is 13.5. The van der Waals surface area contributed by atoms with Crippen LogP contribution in [0.3, 0.4) is 0 Å². The van der Waals surface area contributed by atoms with Gasteiger partial charge in [-0.05, 0) is 40.8 Å². The zero-order valence-corrected chi connectivity index (χ0v) is 21.2. The number of nitrogens with two attached hydrogens (primary N) is 1. The van der Waals surface area contributed by atoms with Gasteiger partial charge in [0.15, 0.2) is 0 Å². The van der Waals surface area contributed by atoms with Crippen molar-refractivity contribution in [1.29, 1.82) is 0 Å². The van der Waals surface area contributed by atoms with E-state index < -0.39 is 12.0 Å². The van der Waals surface area contributed by atoms with Gasteiger partial charge < -0.3 is 26.1 Å². The van der Waals surface area contributed by atoms with Crippen molar-refractivity contribution in [2.45, 2.75) is 32.0 Å². The number of amides is 2. The number of anilines is 1. The van der Waals surface area contributed by atoms with Gasteiger partial charge >= 0.3 is 5.97 Å². The van der Waals surface area contributed by atoms with Crippen LogP contribution in [-0.4, -0.2) is 53.6 Å². The van der Waals surface area contributed by atoms with Gasteiger partial charge in [0, 0.05) is 37.9 Å². The molecule has 0 spiro atoms. The molecule has 2 amide bonds. The summed E-state index contributed by atoms with van der Waals surface area (Å²) >= 11 is 0. The number of nitrogens with zero attached hydrogens (tertiary/aromatic N) is 3. The van der Waals surface area contributed by atoms with E-state index in [4.69, 9.17) is 5.84 Å². The lowest BCUT2D eigenvalue weighted by Crippen LogP contribution is -2.46. The van der Waals surface area contributed by atoms with Crippen molar-refractivity contribution < 1.29 is 19.5 Å². The average Bonchev–Trinajstić information content (AvgIpc) is 3.02. The lowest BCUT2D eigenvalue weighted by atomic mass is 10.1. The maximum absolute atomic E-state index is 13.5. The SMILES string of the molecule is CN1c2cc(C(=O)NCc3ccc(C=NN)cc3)ccc2CN(CCc2ccccc2)C(=O)C1CC(=O)O. The zero-order chi connectivity index (χ0) is 27.1. The molecule has 9 heteroatoms. The summed E-state index contributed by atoms with van der Waals surface area (Å²) in [5.41, 5.74) is 4.84. The summed E-state index contributed by atoms with van der Waals surface area (Å²) in [6.45, 7) is 1.13. The largest absolute Gasteiger partial charge is 0.481 e. The molecule has 9 nitrogen and oxygen atoms in total. The van der Waals surface area contributed by atoms with Crippen LogP contribution in [0.25, 0.3) is 0 Å². The van der Waals surface area contributed by atoms with E-state index >= 15 is 0 Å². The fraction of sp³-hybridized carbons (Fsp3) is 0.241. The van der Waals surface area contributed by atoms with Crippen LogP contribution in [0.1, 0.15) is 39.0 Å². The average molecular weight is 514 g/mol. The Morgan fingerprint density at radius 1 is 1.08 bits per heavy atom. The molecule has 4 rings (SSSR count). The summed E-state index contributed by atoms with van der Waals surface area (Å²) in [6, 6.07) is 21.8. The molecule has 0 saturated carbocycles. The number of hydrazone groups is 1. The van der Waals surface area contributed by atoms with Crippen molar-refractivity contribution in [2.75, 3.05) is 18.5 Å². The Bertz CT molecular complexity index is 1320. The molecule has 196 valence electrons. The molecule has 1 atom stereocenters. The van der Waals surface area contributed by atoms with E-state index in [2.05, 4.69) is 10.4 Å². The molecule has 0 aliphatic carbocycles. The smallest absolute Gasteiger partial charge is 0.305 e. The van der Waals surface area contributed by atoms with Crippen LogP contribution in [0.2, 0.25) is 0 Å². The molecule has 1 heterocycles. The number of carboxylic acids is 1. The Labute approximate surface area is 221 Å². The summed E-state index contributed by atoms with van der Waals surface area (Å²) in [4.78, 5) is 41.5. The Balaban J connectivity index is 1.53. The summed E-state index contributed by atoms with van der Waals surface area (Å²) < 4.78 is 0. The fourth-order valence-corrected chi connectivity index (χ4v) is 4.57. The first-order valence-corrected chi connectivity index (χ1v) is 12.4. The van der Waals surface area contributed by atoms with Gasteiger partial charge in [0.2, 0.25) is 5.91 Å². The third kappa shape index (κ3) is 6.36. The van der Waals surface area contributed by atoms with Gasteiger partial charge in [-0.3, -0.25) is 14.4 Å². The number of fused-ring (bicyclic) bond motifs is 1. The number of hydrogen-bond acceptors (Lipinski definition) is 6. The third-order valence-corrected chi connectivity index (χ3v) is 6.69. The maximum Gasteiger partial charge on any atom is 0.305 e. The van der Waals surface area contributed by atoms with Crippen LogP contribution < -0.4 is 16.1 Å². The number of aliphatic carboxylic acids is 1. The molecule has 0 fully saturated rings. The van der Waals surface area contributed by atoms with Crippen LogP contribution >= 0.6 is 0 Å². The number of rotatable bonds is 9. The predicted molar refractivity (Wildman–Crippen MR) is 146 cm³/mol. The quantitative estimate of drug-likeness (QED) is 0.229. The minimum atomic E-state index is -1.06. The second-order valence-corrected chi connectivity index (χ2v) is 9.27. The minimum Gasteiger partial charge on any atom is -0.481 e. The second kappa shape index (κ2) is 12.1. The van der Waals surface area contributed by atoms with Crippen LogP contribution in [0.5, 0.6) is 0 Å². The molecule has 3 aromatic rings. The summed E-state index contributed by atoms with van der Waals surface area (Å²) in [6.07, 6.45) is 1.86. The highest BCUT2D eigenvalue weighted by Crippen LogP contribution is 2.30. The van der Waals surface area contributed by atoms with Gasteiger partial charge in [0.05, 0.1) is 12.6 Å². The molecule has 0 aromatic heterocycles. The third-order valence-electron chi connectivity index (χ3n) is 6.69. The standard InChI is InChI=1S/C29H31N5O4/c1-33-25-15-23(28(37)31-17-21-7-9-22(10-8-21)18-32-30)11-12-24(25)19-34(29(38)26(33)16-27(35)36)14-13-20-5-3-2-4-6-20/h2-12,15,18,26H,13-14,16-17,19,30H2,1H3,(H,31,37)(H,35,36). The summed E-state index contributed by atoms with van der Waals surface area (Å²) in [5.74, 6) is 3.61. The highest BCUT2D eigenvalue weighted by molar-refractivity contribution is 5.96. The van der Waals surface area contributed by atoms with E-state index in [0.29, 0.717) is 37.3 Å². The number of carbonyl (C=O) groups excluding carboxylic acids is 2. The number of hydrogen-bond donors (Lipinski definition) is 3. The van der Waals surface area contributed by atoms with Crippen molar-refractivity contribution in [3.63, 3.8) is 0 Å². The second-order valence-electron chi connectivity index (χ2n) is 9.27. The van der Waals surface area contributed by atoms with Crippen LogP contribution in [-0.2, 0) is 29.1 Å². The highest BCUT2D eigenvalue weighted by Gasteiger charge is 2.34. The fourth-order valence-electron chi connectivity index (χ4n) is 4.57. The van der Waals surface area contributed by atoms with Crippen LogP contribution in [0, 0.1) is 0 Å². The van der Waals surface area contributed by atoms with E-state index in [1.807, 2.05) is 60.7 Å². The number of carbonyl (C=O) groups is 3. The molecule has 4 N–H and O–H groups in total. The van der Waals surface area contributed by atoms with E-state index in [1.54, 1.807) is 35.2 Å². The van der Waals surface area contributed by atoms with Crippen molar-refractivity contribution in [3.8, 4) is 0 Å². The Kier molecular flexibility index (Phi) is 8.37. The van der Waals surface area contributed by atoms with Gasteiger partial charge in [-0.15, -0.1) is 0 Å². The topological polar surface area (TPSA) is 128 Å². The molecule has 1 aliphatic heterocycles. The van der Waals surface area contributed by atoms with Gasteiger partial charge in [0.1, 0.15) is 6.04 Å². The lowest BCUT2D eigenvalue weighted by Gasteiger charge is -2.29. The molecule has 1 unspecified atom stereocenters. The number of benzene rings is 3.